The van der Waals surface area contributed by atoms with Crippen molar-refractivity contribution in [3.8, 4) is 11.5 Å². The highest BCUT2D eigenvalue weighted by Gasteiger charge is 2.32. The van der Waals surface area contributed by atoms with Gasteiger partial charge < -0.3 is 15.2 Å². The van der Waals surface area contributed by atoms with Gasteiger partial charge in [0.15, 0.2) is 0 Å². The van der Waals surface area contributed by atoms with Crippen LogP contribution in [-0.2, 0) is 11.3 Å². The van der Waals surface area contributed by atoms with Crippen LogP contribution in [0.15, 0.2) is 78.2 Å². The predicted octanol–water partition coefficient (Wildman–Crippen LogP) is 5.45. The molecule has 0 aliphatic carbocycles. The highest BCUT2D eigenvalue weighted by atomic mass is 32.1. The van der Waals surface area contributed by atoms with Crippen LogP contribution in [0.5, 0.6) is 11.5 Å². The number of amides is 1. The number of fused-ring (bicyclic) bond motifs is 2. The Morgan fingerprint density at radius 2 is 1.63 bits per heavy atom. The molecule has 5 rings (SSSR count). The minimum atomic E-state index is -0.617. The quantitative estimate of drug-likeness (QED) is 0.440. The third-order valence-corrected chi connectivity index (χ3v) is 7.21. The van der Waals surface area contributed by atoms with E-state index in [1.54, 1.807) is 0 Å². The number of hydrogen-bond acceptors (Lipinski definition) is 5. The van der Waals surface area contributed by atoms with Crippen molar-refractivity contribution in [3.63, 3.8) is 0 Å². The summed E-state index contributed by atoms with van der Waals surface area (Å²) in [5, 5.41) is 15.5. The zero-order valence-electron chi connectivity index (χ0n) is 15.9. The van der Waals surface area contributed by atoms with Crippen molar-refractivity contribution in [2.45, 2.75) is 18.6 Å². The van der Waals surface area contributed by atoms with Crippen molar-refractivity contribution >= 4 is 28.6 Å². The molecule has 30 heavy (non-hydrogen) atoms. The summed E-state index contributed by atoms with van der Waals surface area (Å²) in [6, 6.07) is 23.1. The van der Waals surface area contributed by atoms with E-state index in [9.17, 15) is 9.90 Å². The summed E-state index contributed by atoms with van der Waals surface area (Å²) in [7, 11) is 0. The van der Waals surface area contributed by atoms with Gasteiger partial charge in [0.25, 0.3) is 0 Å². The summed E-state index contributed by atoms with van der Waals surface area (Å²) in [4.78, 5) is 16.0. The Labute approximate surface area is 182 Å². The molecule has 0 saturated carbocycles. The molecule has 2 aromatic heterocycles. The summed E-state index contributed by atoms with van der Waals surface area (Å²) in [6.45, 7) is 0.419. The molecule has 0 saturated heterocycles. The van der Waals surface area contributed by atoms with Crippen molar-refractivity contribution in [3.05, 3.63) is 104 Å². The molecule has 1 unspecified atom stereocenters. The van der Waals surface area contributed by atoms with E-state index in [4.69, 9.17) is 4.74 Å². The number of carbonyl (C=O) groups excluding carboxylic acids is 1. The molecule has 1 aliphatic rings. The maximum atomic E-state index is 13.2. The normalized spacial score (nSPS) is 13.8. The van der Waals surface area contributed by atoms with Crippen molar-refractivity contribution in [2.24, 2.45) is 0 Å². The van der Waals surface area contributed by atoms with Gasteiger partial charge in [0, 0.05) is 25.8 Å². The van der Waals surface area contributed by atoms with E-state index in [1.165, 1.54) is 22.7 Å². The van der Waals surface area contributed by atoms with Gasteiger partial charge in [-0.3, -0.25) is 4.79 Å². The first kappa shape index (κ1) is 19.1. The fourth-order valence-electron chi connectivity index (χ4n) is 3.69. The van der Waals surface area contributed by atoms with Gasteiger partial charge in [0.1, 0.15) is 17.6 Å². The molecule has 4 nitrogen and oxygen atoms in total. The Morgan fingerprint density at radius 1 is 0.933 bits per heavy atom. The summed E-state index contributed by atoms with van der Waals surface area (Å²) in [5.41, 5.74) is 1.74. The van der Waals surface area contributed by atoms with Gasteiger partial charge in [-0.05, 0) is 35.7 Å². The number of carbonyl (C=O) groups is 1. The van der Waals surface area contributed by atoms with Crippen LogP contribution in [0.1, 0.15) is 37.8 Å². The lowest BCUT2D eigenvalue weighted by Crippen LogP contribution is -2.31. The molecule has 0 spiro atoms. The summed E-state index contributed by atoms with van der Waals surface area (Å²) in [5.74, 6) is 0.955. The maximum Gasteiger partial charge on any atom is 0.232 e. The first-order valence-electron chi connectivity index (χ1n) is 9.64. The third kappa shape index (κ3) is 3.54. The smallest absolute Gasteiger partial charge is 0.232 e. The second-order valence-electron chi connectivity index (χ2n) is 7.05. The standard InChI is InChI=1S/C24H19NO3S2/c26-23(20-10-5-13-29-20)21-12-11-15(30-21)14-25-24(27)22-16-6-1-3-8-18(16)28-19-9-4-2-7-17(19)22/h1-13,22-23,26H,14H2,(H,25,27). The van der Waals surface area contributed by atoms with Crippen LogP contribution in [0.25, 0.3) is 0 Å². The second kappa shape index (κ2) is 8.07. The number of aliphatic hydroxyl groups is 1. The first-order chi connectivity index (χ1) is 14.7. The largest absolute Gasteiger partial charge is 0.457 e. The molecule has 1 aliphatic heterocycles. The van der Waals surface area contributed by atoms with Crippen LogP contribution >= 0.6 is 22.7 Å². The number of nitrogens with one attached hydrogen (secondary N) is 1. The molecule has 0 bridgehead atoms. The van der Waals surface area contributed by atoms with Crippen molar-refractivity contribution < 1.29 is 14.6 Å². The zero-order valence-corrected chi connectivity index (χ0v) is 17.6. The summed E-state index contributed by atoms with van der Waals surface area (Å²) >= 11 is 3.05. The molecule has 3 heterocycles. The minimum absolute atomic E-state index is 0.0630. The second-order valence-corrected chi connectivity index (χ2v) is 9.23. The fraction of sp³-hybridized carbons (Fsp3) is 0.125. The van der Waals surface area contributed by atoms with Gasteiger partial charge in [0.05, 0.1) is 12.5 Å². The first-order valence-corrected chi connectivity index (χ1v) is 11.3. The Hall–Kier alpha value is -2.93. The summed E-state index contributed by atoms with van der Waals surface area (Å²) < 4.78 is 5.98. The van der Waals surface area contributed by atoms with E-state index in [2.05, 4.69) is 5.32 Å². The SMILES string of the molecule is O=C(NCc1ccc(C(O)c2cccs2)s1)C1c2ccccc2Oc2ccccc21. The van der Waals surface area contributed by atoms with Crippen LogP contribution in [0.4, 0.5) is 0 Å². The van der Waals surface area contributed by atoms with E-state index in [0.717, 1.165) is 25.8 Å². The van der Waals surface area contributed by atoms with E-state index in [-0.39, 0.29) is 5.91 Å². The number of para-hydroxylation sites is 2. The van der Waals surface area contributed by atoms with Crippen molar-refractivity contribution in [1.29, 1.82) is 0 Å². The number of benzene rings is 2. The van der Waals surface area contributed by atoms with Gasteiger partial charge in [-0.2, -0.15) is 0 Å². The Bertz CT molecular complexity index is 1140. The van der Waals surface area contributed by atoms with E-state index in [1.807, 2.05) is 78.2 Å². The third-order valence-electron chi connectivity index (χ3n) is 5.14. The minimum Gasteiger partial charge on any atom is -0.457 e. The van der Waals surface area contributed by atoms with Gasteiger partial charge in [-0.15, -0.1) is 22.7 Å². The predicted molar refractivity (Wildman–Crippen MR) is 119 cm³/mol. The Kier molecular flexibility index (Phi) is 5.12. The van der Waals surface area contributed by atoms with Gasteiger partial charge in [-0.25, -0.2) is 0 Å². The molecule has 1 amide bonds. The number of aliphatic hydroxyl groups excluding tert-OH is 1. The molecule has 0 fully saturated rings. The lowest BCUT2D eigenvalue weighted by atomic mass is 9.87. The molecule has 0 radical (unpaired) electrons. The highest BCUT2D eigenvalue weighted by molar-refractivity contribution is 7.12. The summed E-state index contributed by atoms with van der Waals surface area (Å²) in [6.07, 6.45) is -0.617. The fourth-order valence-corrected chi connectivity index (χ4v) is 5.45. The van der Waals surface area contributed by atoms with Crippen LogP contribution in [0, 0.1) is 0 Å². The Balaban J connectivity index is 1.34. The molecule has 2 N–H and O–H groups in total. The molecular weight excluding hydrogens is 414 g/mol. The number of thiophene rings is 2. The van der Waals surface area contributed by atoms with E-state index < -0.39 is 12.0 Å². The maximum absolute atomic E-state index is 13.2. The Morgan fingerprint density at radius 3 is 2.30 bits per heavy atom. The van der Waals surface area contributed by atoms with Crippen molar-refractivity contribution in [2.75, 3.05) is 0 Å². The lowest BCUT2D eigenvalue weighted by molar-refractivity contribution is -0.122. The number of ether oxygens (including phenoxy) is 1. The average Bonchev–Trinajstić information content (AvgIpc) is 3.48. The molecule has 150 valence electrons. The molecular formula is C24H19NO3S2. The van der Waals surface area contributed by atoms with Gasteiger partial charge in [-0.1, -0.05) is 42.5 Å². The average molecular weight is 434 g/mol. The topological polar surface area (TPSA) is 58.6 Å². The monoisotopic (exact) mass is 433 g/mol. The molecule has 4 aromatic rings. The van der Waals surface area contributed by atoms with Gasteiger partial charge in [0.2, 0.25) is 5.91 Å². The molecule has 1 atom stereocenters. The zero-order chi connectivity index (χ0) is 20.5. The van der Waals surface area contributed by atoms with Gasteiger partial charge >= 0.3 is 0 Å². The van der Waals surface area contributed by atoms with Crippen LogP contribution in [-0.4, -0.2) is 11.0 Å². The van der Waals surface area contributed by atoms with Crippen LogP contribution in [0.2, 0.25) is 0 Å². The molecule has 2 aromatic carbocycles. The number of rotatable bonds is 5. The van der Waals surface area contributed by atoms with E-state index >= 15 is 0 Å². The number of hydrogen-bond donors (Lipinski definition) is 2. The van der Waals surface area contributed by atoms with Crippen LogP contribution < -0.4 is 10.1 Å². The highest BCUT2D eigenvalue weighted by Crippen LogP contribution is 2.44. The molecule has 6 heteroatoms. The lowest BCUT2D eigenvalue weighted by Gasteiger charge is -2.27. The van der Waals surface area contributed by atoms with Crippen LogP contribution in [0.3, 0.4) is 0 Å². The van der Waals surface area contributed by atoms with Crippen molar-refractivity contribution in [1.82, 2.24) is 5.32 Å². The van der Waals surface area contributed by atoms with E-state index in [0.29, 0.717) is 18.0 Å².